The van der Waals surface area contributed by atoms with Crippen molar-refractivity contribution in [3.05, 3.63) is 108 Å². The molecular formula is C34H33FN2O7. The summed E-state index contributed by atoms with van der Waals surface area (Å²) in [5, 5.41) is 41.9. The maximum Gasteiger partial charge on any atom is 0.335 e. The smallest absolute Gasteiger partial charge is 0.335 e. The fourth-order valence-corrected chi connectivity index (χ4v) is 5.09. The Kier molecular flexibility index (Phi) is 10.1. The molecule has 44 heavy (non-hydrogen) atoms. The molecule has 0 spiro atoms. The van der Waals surface area contributed by atoms with Crippen LogP contribution in [0.15, 0.2) is 84.9 Å². The van der Waals surface area contributed by atoms with Gasteiger partial charge in [0.2, 0.25) is 0 Å². The number of nitrogens with zero attached hydrogens (tertiary/aromatic N) is 1. The van der Waals surface area contributed by atoms with Crippen molar-refractivity contribution in [2.24, 2.45) is 0 Å². The van der Waals surface area contributed by atoms with Crippen LogP contribution < -0.4 is 5.32 Å². The van der Waals surface area contributed by atoms with Gasteiger partial charge in [-0.1, -0.05) is 54.6 Å². The number of hydrogen-bond acceptors (Lipinski definition) is 5. The lowest BCUT2D eigenvalue weighted by Gasteiger charge is -2.17. The number of amides is 1. The molecule has 228 valence electrons. The second-order valence-electron chi connectivity index (χ2n) is 10.6. The van der Waals surface area contributed by atoms with Crippen LogP contribution in [0.4, 0.5) is 10.1 Å². The van der Waals surface area contributed by atoms with Gasteiger partial charge in [-0.15, -0.1) is 0 Å². The Hall–Kier alpha value is -5.06. The quantitative estimate of drug-likeness (QED) is 0.132. The highest BCUT2D eigenvalue weighted by Gasteiger charge is 2.29. The van der Waals surface area contributed by atoms with Gasteiger partial charge in [-0.25, -0.2) is 9.18 Å². The summed E-state index contributed by atoms with van der Waals surface area (Å²) in [6.07, 6.45) is -0.222. The van der Waals surface area contributed by atoms with Gasteiger partial charge in [0.05, 0.1) is 24.2 Å². The number of anilines is 1. The van der Waals surface area contributed by atoms with Crippen LogP contribution in [0.2, 0.25) is 0 Å². The van der Waals surface area contributed by atoms with Gasteiger partial charge >= 0.3 is 11.9 Å². The van der Waals surface area contributed by atoms with E-state index in [0.29, 0.717) is 27.9 Å². The summed E-state index contributed by atoms with van der Waals surface area (Å²) in [5.41, 5.74) is 3.39. The molecule has 4 aromatic rings. The minimum absolute atomic E-state index is 0.0000202. The molecule has 5 N–H and O–H groups in total. The zero-order chi connectivity index (χ0) is 32.0. The number of aliphatic hydroxyl groups excluding tert-OH is 2. The molecule has 0 fully saturated rings. The number of rotatable bonds is 12. The van der Waals surface area contributed by atoms with Crippen molar-refractivity contribution in [3.8, 4) is 22.3 Å². The molecule has 1 aromatic heterocycles. The number of hydrogen-bond donors (Lipinski definition) is 5. The maximum absolute atomic E-state index is 14.2. The molecule has 1 amide bonds. The van der Waals surface area contributed by atoms with E-state index < -0.39 is 42.3 Å². The molecule has 2 atom stereocenters. The topological polar surface area (TPSA) is 149 Å². The first-order valence-electron chi connectivity index (χ1n) is 14.0. The Morgan fingerprint density at radius 2 is 1.55 bits per heavy atom. The van der Waals surface area contributed by atoms with E-state index in [1.807, 2.05) is 44.2 Å². The molecule has 0 aliphatic carbocycles. The largest absolute Gasteiger partial charge is 0.481 e. The maximum atomic E-state index is 14.2. The summed E-state index contributed by atoms with van der Waals surface area (Å²) in [7, 11) is 0. The summed E-state index contributed by atoms with van der Waals surface area (Å²) < 4.78 is 15.8. The Morgan fingerprint density at radius 1 is 0.886 bits per heavy atom. The summed E-state index contributed by atoms with van der Waals surface area (Å²) in [5.74, 6) is -3.32. The third-order valence-corrected chi connectivity index (χ3v) is 6.94. The van der Waals surface area contributed by atoms with Gasteiger partial charge in [0.25, 0.3) is 5.91 Å². The van der Waals surface area contributed by atoms with E-state index in [2.05, 4.69) is 5.32 Å². The van der Waals surface area contributed by atoms with Crippen LogP contribution in [0.25, 0.3) is 28.3 Å². The first-order chi connectivity index (χ1) is 21.0. The fourth-order valence-electron chi connectivity index (χ4n) is 5.09. The minimum Gasteiger partial charge on any atom is -0.481 e. The molecule has 0 radical (unpaired) electrons. The predicted octanol–water partition coefficient (Wildman–Crippen LogP) is 6.09. The summed E-state index contributed by atoms with van der Waals surface area (Å²) in [6, 6.07) is 20.5. The van der Waals surface area contributed by atoms with Crippen LogP contribution in [-0.4, -0.2) is 55.0 Å². The lowest BCUT2D eigenvalue weighted by atomic mass is 9.94. The summed E-state index contributed by atoms with van der Waals surface area (Å²) in [6.45, 7) is 3.74. The Morgan fingerprint density at radius 3 is 2.16 bits per heavy atom. The van der Waals surface area contributed by atoms with Crippen LogP contribution >= 0.6 is 0 Å². The molecule has 0 bridgehead atoms. The summed E-state index contributed by atoms with van der Waals surface area (Å²) in [4.78, 5) is 36.7. The van der Waals surface area contributed by atoms with Crippen LogP contribution in [0, 0.1) is 5.82 Å². The monoisotopic (exact) mass is 600 g/mol. The zero-order valence-corrected chi connectivity index (χ0v) is 24.1. The fraction of sp³-hybridized carbons (Fsp3) is 0.206. The Balaban J connectivity index is 1.96. The SMILES string of the molecule is CC(C)n1c(/C=C/[C@H](O)C[C@H](O)CC(=O)O)c(-c2ccc(F)cc2)c(-c2ccccc2)c1C(=O)Nc1cccc(C(=O)O)c1. The average Bonchev–Trinajstić information content (AvgIpc) is 3.32. The van der Waals surface area contributed by atoms with Crippen molar-refractivity contribution in [2.45, 2.75) is 44.9 Å². The number of aromatic nitrogens is 1. The number of carboxylic acid groups (broad SMARTS) is 2. The average molecular weight is 601 g/mol. The van der Waals surface area contributed by atoms with Crippen molar-refractivity contribution in [2.75, 3.05) is 5.32 Å². The number of benzene rings is 3. The van der Waals surface area contributed by atoms with Gasteiger partial charge in [-0.3, -0.25) is 9.59 Å². The van der Waals surface area contributed by atoms with E-state index >= 15 is 0 Å². The zero-order valence-electron chi connectivity index (χ0n) is 24.1. The van der Waals surface area contributed by atoms with Crippen molar-refractivity contribution in [1.82, 2.24) is 4.57 Å². The van der Waals surface area contributed by atoms with Crippen LogP contribution in [0.5, 0.6) is 0 Å². The molecule has 10 heteroatoms. The molecular weight excluding hydrogens is 567 g/mol. The number of nitrogens with one attached hydrogen (secondary N) is 1. The lowest BCUT2D eigenvalue weighted by molar-refractivity contribution is -0.139. The van der Waals surface area contributed by atoms with Crippen molar-refractivity contribution >= 4 is 29.6 Å². The molecule has 0 saturated carbocycles. The predicted molar refractivity (Wildman–Crippen MR) is 165 cm³/mol. The van der Waals surface area contributed by atoms with Crippen molar-refractivity contribution in [3.63, 3.8) is 0 Å². The van der Waals surface area contributed by atoms with Gasteiger partial charge < -0.3 is 30.3 Å². The number of carbonyl (C=O) groups is 3. The number of aromatic carboxylic acids is 1. The molecule has 0 aliphatic heterocycles. The lowest BCUT2D eigenvalue weighted by Crippen LogP contribution is -2.20. The van der Waals surface area contributed by atoms with Crippen molar-refractivity contribution < 1.29 is 39.2 Å². The number of aliphatic hydroxyl groups is 2. The summed E-state index contributed by atoms with van der Waals surface area (Å²) >= 11 is 0. The standard InChI is InChI=1S/C34H33FN2O7/c1-20(2)37-28(16-15-26(38)18-27(39)19-29(40)41)30(22-11-13-24(35)14-12-22)31(21-7-4-3-5-8-21)32(37)33(42)36-25-10-6-9-23(17-25)34(43)44/h3-17,20,26-27,38-39H,18-19H2,1-2H3,(H,36,42)(H,40,41)(H,43,44)/b16-15+/t26-,27-/m0/s1. The molecule has 1 heterocycles. The number of carboxylic acids is 2. The molecule has 3 aromatic carbocycles. The molecule has 0 aliphatic rings. The third-order valence-electron chi connectivity index (χ3n) is 6.94. The number of carbonyl (C=O) groups excluding carboxylic acids is 1. The highest BCUT2D eigenvalue weighted by atomic mass is 19.1. The van der Waals surface area contributed by atoms with E-state index in [-0.39, 0.29) is 29.4 Å². The van der Waals surface area contributed by atoms with E-state index in [1.54, 1.807) is 28.8 Å². The van der Waals surface area contributed by atoms with Gasteiger partial charge in [0.15, 0.2) is 0 Å². The first-order valence-corrected chi connectivity index (χ1v) is 14.0. The van der Waals surface area contributed by atoms with E-state index in [0.717, 1.165) is 0 Å². The minimum atomic E-state index is -1.27. The third kappa shape index (κ3) is 7.47. The van der Waals surface area contributed by atoms with Gasteiger partial charge in [0, 0.05) is 35.0 Å². The van der Waals surface area contributed by atoms with E-state index in [9.17, 15) is 34.1 Å². The van der Waals surface area contributed by atoms with Crippen LogP contribution in [0.1, 0.15) is 59.3 Å². The second kappa shape index (κ2) is 13.9. The Labute approximate surface area is 253 Å². The molecule has 4 rings (SSSR count). The van der Waals surface area contributed by atoms with Gasteiger partial charge in [-0.2, -0.15) is 0 Å². The number of halogens is 1. The second-order valence-corrected chi connectivity index (χ2v) is 10.6. The van der Waals surface area contributed by atoms with Crippen LogP contribution in [0.3, 0.4) is 0 Å². The highest BCUT2D eigenvalue weighted by Crippen LogP contribution is 2.43. The highest BCUT2D eigenvalue weighted by molar-refractivity contribution is 6.12. The van der Waals surface area contributed by atoms with Crippen LogP contribution in [-0.2, 0) is 4.79 Å². The van der Waals surface area contributed by atoms with Gasteiger partial charge in [0.1, 0.15) is 11.5 Å². The first kappa shape index (κ1) is 31.9. The molecule has 9 nitrogen and oxygen atoms in total. The van der Waals surface area contributed by atoms with E-state index in [1.165, 1.54) is 36.4 Å². The van der Waals surface area contributed by atoms with Gasteiger partial charge in [-0.05, 0) is 61.4 Å². The Bertz CT molecular complexity index is 1680. The molecule has 0 unspecified atom stereocenters. The van der Waals surface area contributed by atoms with E-state index in [4.69, 9.17) is 5.11 Å². The normalized spacial score (nSPS) is 12.8. The molecule has 0 saturated heterocycles. The number of aliphatic carboxylic acids is 1. The van der Waals surface area contributed by atoms with Crippen molar-refractivity contribution in [1.29, 1.82) is 0 Å².